The molecule has 0 aromatic heterocycles. The van der Waals surface area contributed by atoms with Crippen LogP contribution in [0.15, 0.2) is 18.2 Å². The van der Waals surface area contributed by atoms with Crippen LogP contribution >= 0.6 is 0 Å². The van der Waals surface area contributed by atoms with E-state index in [1.54, 1.807) is 12.1 Å². The molecule has 0 aliphatic carbocycles. The lowest BCUT2D eigenvalue weighted by Gasteiger charge is -2.12. The third-order valence-electron chi connectivity index (χ3n) is 2.08. The van der Waals surface area contributed by atoms with Crippen molar-refractivity contribution >= 4 is 0 Å². The summed E-state index contributed by atoms with van der Waals surface area (Å²) in [7, 11) is 1.37. The first-order valence-corrected chi connectivity index (χ1v) is 4.46. The highest BCUT2D eigenvalue weighted by molar-refractivity contribution is 5.41. The van der Waals surface area contributed by atoms with Crippen molar-refractivity contribution < 1.29 is 18.4 Å². The Kier molecular flexibility index (Phi) is 4.45. The molecule has 0 aliphatic rings. The molecule has 0 fully saturated rings. The molecule has 0 bridgehead atoms. The van der Waals surface area contributed by atoms with Gasteiger partial charge in [0.05, 0.1) is 19.3 Å². The molecular weight excluding hydrogens is 204 g/mol. The lowest BCUT2D eigenvalue weighted by atomic mass is 10.0. The quantitative estimate of drug-likeness (QED) is 0.768. The van der Waals surface area contributed by atoms with Gasteiger partial charge in [-0.15, -0.1) is 0 Å². The molecule has 0 radical (unpaired) electrons. The standard InChI is InChI=1S/C10H13F2NO2/c1-14-8-4-2-3-7(5-6-15-13)9(8)10(11)12/h2-4,10H,5-6,13H2,1H3. The fourth-order valence-electron chi connectivity index (χ4n) is 1.40. The topological polar surface area (TPSA) is 44.5 Å². The number of hydrogen-bond donors (Lipinski definition) is 1. The Balaban J connectivity index is 3.02. The molecule has 0 atom stereocenters. The zero-order chi connectivity index (χ0) is 11.3. The van der Waals surface area contributed by atoms with Gasteiger partial charge in [-0.05, 0) is 18.1 Å². The van der Waals surface area contributed by atoms with Crippen molar-refractivity contribution in [3.8, 4) is 5.75 Å². The maximum Gasteiger partial charge on any atom is 0.267 e. The van der Waals surface area contributed by atoms with Crippen LogP contribution in [0.25, 0.3) is 0 Å². The molecule has 3 nitrogen and oxygen atoms in total. The average Bonchev–Trinajstić information content (AvgIpc) is 2.25. The van der Waals surface area contributed by atoms with E-state index in [-0.39, 0.29) is 17.9 Å². The van der Waals surface area contributed by atoms with Gasteiger partial charge >= 0.3 is 0 Å². The molecule has 1 rings (SSSR count). The van der Waals surface area contributed by atoms with Crippen molar-refractivity contribution in [1.82, 2.24) is 0 Å². The van der Waals surface area contributed by atoms with Gasteiger partial charge in [-0.1, -0.05) is 12.1 Å². The van der Waals surface area contributed by atoms with Crippen molar-refractivity contribution in [2.24, 2.45) is 5.90 Å². The first kappa shape index (κ1) is 11.9. The van der Waals surface area contributed by atoms with Crippen LogP contribution in [-0.4, -0.2) is 13.7 Å². The molecule has 0 amide bonds. The van der Waals surface area contributed by atoms with E-state index >= 15 is 0 Å². The van der Waals surface area contributed by atoms with E-state index in [2.05, 4.69) is 4.84 Å². The second-order valence-electron chi connectivity index (χ2n) is 2.95. The number of hydrogen-bond acceptors (Lipinski definition) is 3. The van der Waals surface area contributed by atoms with E-state index in [9.17, 15) is 8.78 Å². The molecule has 1 aromatic rings. The second kappa shape index (κ2) is 5.63. The fraction of sp³-hybridized carbons (Fsp3) is 0.400. The molecule has 15 heavy (non-hydrogen) atoms. The van der Waals surface area contributed by atoms with Gasteiger partial charge < -0.3 is 9.57 Å². The number of benzene rings is 1. The normalized spacial score (nSPS) is 10.7. The van der Waals surface area contributed by atoms with Crippen molar-refractivity contribution in [2.75, 3.05) is 13.7 Å². The lowest BCUT2D eigenvalue weighted by Crippen LogP contribution is -2.06. The third-order valence-corrected chi connectivity index (χ3v) is 2.08. The highest BCUT2D eigenvalue weighted by Gasteiger charge is 2.17. The summed E-state index contributed by atoms with van der Waals surface area (Å²) in [6, 6.07) is 4.79. The lowest BCUT2D eigenvalue weighted by molar-refractivity contribution is 0.134. The van der Waals surface area contributed by atoms with E-state index in [0.29, 0.717) is 12.0 Å². The van der Waals surface area contributed by atoms with Crippen molar-refractivity contribution in [1.29, 1.82) is 0 Å². The van der Waals surface area contributed by atoms with Crippen LogP contribution in [0.3, 0.4) is 0 Å². The van der Waals surface area contributed by atoms with E-state index in [4.69, 9.17) is 10.6 Å². The summed E-state index contributed by atoms with van der Waals surface area (Å²) in [5, 5.41) is 0. The Morgan fingerprint density at radius 3 is 2.67 bits per heavy atom. The number of nitrogens with two attached hydrogens (primary N) is 1. The van der Waals surface area contributed by atoms with Crippen molar-refractivity contribution in [3.05, 3.63) is 29.3 Å². The van der Waals surface area contributed by atoms with Crippen LogP contribution in [-0.2, 0) is 11.3 Å². The van der Waals surface area contributed by atoms with Gasteiger partial charge in [0.1, 0.15) is 5.75 Å². The monoisotopic (exact) mass is 217 g/mol. The highest BCUT2D eigenvalue weighted by Crippen LogP contribution is 2.32. The Bertz CT molecular complexity index is 318. The number of alkyl halides is 2. The van der Waals surface area contributed by atoms with Gasteiger partial charge in [-0.25, -0.2) is 14.7 Å². The van der Waals surface area contributed by atoms with Gasteiger partial charge in [-0.2, -0.15) is 0 Å². The fourth-order valence-corrected chi connectivity index (χ4v) is 1.40. The maximum atomic E-state index is 12.8. The number of ether oxygens (including phenoxy) is 1. The Hall–Kier alpha value is -1.20. The zero-order valence-electron chi connectivity index (χ0n) is 8.37. The average molecular weight is 217 g/mol. The minimum Gasteiger partial charge on any atom is -0.496 e. The van der Waals surface area contributed by atoms with Crippen LogP contribution < -0.4 is 10.6 Å². The molecule has 1 aromatic carbocycles. The maximum absolute atomic E-state index is 12.8. The highest BCUT2D eigenvalue weighted by atomic mass is 19.3. The largest absolute Gasteiger partial charge is 0.496 e. The van der Waals surface area contributed by atoms with Gasteiger partial charge in [0.2, 0.25) is 0 Å². The molecule has 5 heteroatoms. The first-order valence-electron chi connectivity index (χ1n) is 4.46. The smallest absolute Gasteiger partial charge is 0.267 e. The van der Waals surface area contributed by atoms with Gasteiger partial charge in [0.25, 0.3) is 6.43 Å². The van der Waals surface area contributed by atoms with Crippen LogP contribution in [0.4, 0.5) is 8.78 Å². The van der Waals surface area contributed by atoms with E-state index < -0.39 is 6.43 Å². The summed E-state index contributed by atoms with van der Waals surface area (Å²) in [4.78, 5) is 4.37. The van der Waals surface area contributed by atoms with E-state index in [1.165, 1.54) is 13.2 Å². The zero-order valence-corrected chi connectivity index (χ0v) is 8.37. The molecule has 0 aliphatic heterocycles. The summed E-state index contributed by atoms with van der Waals surface area (Å²) >= 11 is 0. The van der Waals surface area contributed by atoms with Crippen LogP contribution in [0, 0.1) is 0 Å². The predicted octanol–water partition coefficient (Wildman–Crippen LogP) is 2.07. The summed E-state index contributed by atoms with van der Waals surface area (Å²) in [6.45, 7) is 0.201. The Morgan fingerprint density at radius 1 is 1.40 bits per heavy atom. The van der Waals surface area contributed by atoms with Crippen molar-refractivity contribution in [2.45, 2.75) is 12.8 Å². The molecule has 0 spiro atoms. The molecule has 2 N–H and O–H groups in total. The third kappa shape index (κ3) is 2.87. The SMILES string of the molecule is COc1cccc(CCON)c1C(F)F. The number of rotatable bonds is 5. The van der Waals surface area contributed by atoms with Crippen molar-refractivity contribution in [3.63, 3.8) is 0 Å². The molecular formula is C10H13F2NO2. The van der Waals surface area contributed by atoms with Crippen LogP contribution in [0.1, 0.15) is 17.6 Å². The summed E-state index contributed by atoms with van der Waals surface area (Å²) < 4.78 is 30.4. The van der Waals surface area contributed by atoms with Gasteiger partial charge in [-0.3, -0.25) is 0 Å². The van der Waals surface area contributed by atoms with E-state index in [1.807, 2.05) is 0 Å². The minimum absolute atomic E-state index is 0.0861. The van der Waals surface area contributed by atoms with Crippen LogP contribution in [0.5, 0.6) is 5.75 Å². The molecule has 84 valence electrons. The van der Waals surface area contributed by atoms with Crippen LogP contribution in [0.2, 0.25) is 0 Å². The number of methoxy groups -OCH3 is 1. The van der Waals surface area contributed by atoms with Gasteiger partial charge in [0.15, 0.2) is 0 Å². The summed E-state index contributed by atoms with van der Waals surface area (Å²) in [5.74, 6) is 5.05. The van der Waals surface area contributed by atoms with Gasteiger partial charge in [0, 0.05) is 0 Å². The number of halogens is 2. The van der Waals surface area contributed by atoms with E-state index in [0.717, 1.165) is 0 Å². The Labute approximate surface area is 86.7 Å². The minimum atomic E-state index is -2.56. The summed E-state index contributed by atoms with van der Waals surface area (Å²) in [6.07, 6.45) is -2.22. The first-order chi connectivity index (χ1) is 7.20. The second-order valence-corrected chi connectivity index (χ2v) is 2.95. The summed E-state index contributed by atoms with van der Waals surface area (Å²) in [5.41, 5.74) is 0.409. The predicted molar refractivity (Wildman–Crippen MR) is 51.8 cm³/mol. The molecule has 0 saturated heterocycles. The molecule has 0 saturated carbocycles. The molecule has 0 heterocycles. The Morgan fingerprint density at radius 2 is 2.13 bits per heavy atom. The molecule has 0 unspecified atom stereocenters.